The van der Waals surface area contributed by atoms with E-state index >= 15 is 0 Å². The summed E-state index contributed by atoms with van der Waals surface area (Å²) in [7, 11) is 0. The van der Waals surface area contributed by atoms with Crippen molar-refractivity contribution in [2.24, 2.45) is 4.99 Å². The Morgan fingerprint density at radius 1 is 1.24 bits per heavy atom. The van der Waals surface area contributed by atoms with Crippen molar-refractivity contribution in [1.82, 2.24) is 0 Å². The molecule has 0 saturated carbocycles. The Hall–Kier alpha value is -2.14. The molecule has 1 atom stereocenters. The monoisotopic (exact) mass is 288 g/mol. The van der Waals surface area contributed by atoms with Crippen molar-refractivity contribution < 1.29 is 15.0 Å². The summed E-state index contributed by atoms with van der Waals surface area (Å²) in [6, 6.07) is 6.81. The largest absolute Gasteiger partial charge is 0.479 e. The average molecular weight is 288 g/mol. The molecular weight excluding hydrogens is 268 g/mol. The molecule has 0 aromatic heterocycles. The molecule has 21 heavy (non-hydrogen) atoms. The summed E-state index contributed by atoms with van der Waals surface area (Å²) in [5, 5.41) is 18.5. The standard InChI is InChI=1S/C16H20N2O3/c1-10-12(3)18(15(16(20)21)11(2)17-10)14-6-4-13(5-7-14)8-9-19/h4-7,15,19H,8-9H2,1-3H3,(H,20,21). The van der Waals surface area contributed by atoms with Crippen LogP contribution < -0.4 is 4.90 Å². The van der Waals surface area contributed by atoms with Crippen molar-refractivity contribution in [3.63, 3.8) is 0 Å². The number of rotatable bonds is 4. The van der Waals surface area contributed by atoms with E-state index in [1.54, 1.807) is 11.8 Å². The van der Waals surface area contributed by atoms with Crippen molar-refractivity contribution >= 4 is 17.4 Å². The fraction of sp³-hybridized carbons (Fsp3) is 0.375. The van der Waals surface area contributed by atoms with E-state index in [1.165, 1.54) is 0 Å². The molecule has 1 aromatic rings. The van der Waals surface area contributed by atoms with E-state index < -0.39 is 12.0 Å². The van der Waals surface area contributed by atoms with Gasteiger partial charge in [0.1, 0.15) is 0 Å². The Kier molecular flexibility index (Phi) is 4.43. The zero-order chi connectivity index (χ0) is 15.6. The van der Waals surface area contributed by atoms with Gasteiger partial charge < -0.3 is 15.1 Å². The number of aliphatic imine (C=N–C) groups is 1. The Balaban J connectivity index is 2.43. The van der Waals surface area contributed by atoms with Gasteiger partial charge in [0, 0.05) is 23.7 Å². The van der Waals surface area contributed by atoms with E-state index in [0.29, 0.717) is 12.1 Å². The number of hydrogen-bond acceptors (Lipinski definition) is 4. The maximum Gasteiger partial charge on any atom is 0.332 e. The second-order valence-corrected chi connectivity index (χ2v) is 5.17. The van der Waals surface area contributed by atoms with Gasteiger partial charge in [-0.15, -0.1) is 0 Å². The molecule has 112 valence electrons. The van der Waals surface area contributed by atoms with Crippen LogP contribution in [0.4, 0.5) is 5.69 Å². The Morgan fingerprint density at radius 2 is 1.86 bits per heavy atom. The minimum absolute atomic E-state index is 0.102. The van der Waals surface area contributed by atoms with E-state index in [2.05, 4.69) is 4.99 Å². The molecule has 1 aromatic carbocycles. The first-order valence-electron chi connectivity index (χ1n) is 6.90. The highest BCUT2D eigenvalue weighted by molar-refractivity contribution is 6.09. The number of aliphatic hydroxyl groups excluding tert-OH is 1. The number of carboxylic acids is 1. The van der Waals surface area contributed by atoms with Crippen LogP contribution in [0.1, 0.15) is 26.3 Å². The van der Waals surface area contributed by atoms with Crippen LogP contribution in [-0.2, 0) is 11.2 Å². The maximum atomic E-state index is 11.6. The van der Waals surface area contributed by atoms with Crippen molar-refractivity contribution in [3.05, 3.63) is 41.2 Å². The third-order valence-electron chi connectivity index (χ3n) is 3.73. The second kappa shape index (κ2) is 6.10. The molecular formula is C16H20N2O3. The number of hydrogen-bond donors (Lipinski definition) is 2. The van der Waals surface area contributed by atoms with Gasteiger partial charge in [-0.1, -0.05) is 12.1 Å². The number of allylic oxidation sites excluding steroid dienone is 2. The van der Waals surface area contributed by atoms with E-state index in [-0.39, 0.29) is 6.61 Å². The SMILES string of the molecule is CC1=NC(C)=C(C)N(c2ccc(CCO)cc2)C1C(=O)O. The number of aliphatic hydroxyl groups is 1. The van der Waals surface area contributed by atoms with Crippen molar-refractivity contribution in [1.29, 1.82) is 0 Å². The van der Waals surface area contributed by atoms with Gasteiger partial charge in [-0.3, -0.25) is 4.99 Å². The van der Waals surface area contributed by atoms with Crippen molar-refractivity contribution in [2.45, 2.75) is 33.2 Å². The highest BCUT2D eigenvalue weighted by Crippen LogP contribution is 2.29. The van der Waals surface area contributed by atoms with Gasteiger partial charge in [0.15, 0.2) is 6.04 Å². The first-order valence-corrected chi connectivity index (χ1v) is 6.90. The van der Waals surface area contributed by atoms with E-state index in [4.69, 9.17) is 5.11 Å². The lowest BCUT2D eigenvalue weighted by Crippen LogP contribution is -2.47. The molecule has 0 radical (unpaired) electrons. The average Bonchev–Trinajstić information content (AvgIpc) is 2.43. The van der Waals surface area contributed by atoms with E-state index in [1.807, 2.05) is 38.1 Å². The third kappa shape index (κ3) is 2.97. The molecule has 1 aliphatic heterocycles. The summed E-state index contributed by atoms with van der Waals surface area (Å²) in [6.45, 7) is 5.60. The summed E-state index contributed by atoms with van der Waals surface area (Å²) in [4.78, 5) is 17.7. The highest BCUT2D eigenvalue weighted by Gasteiger charge is 2.33. The lowest BCUT2D eigenvalue weighted by molar-refractivity contribution is -0.136. The molecule has 1 unspecified atom stereocenters. The molecule has 2 N–H and O–H groups in total. The normalized spacial score (nSPS) is 18.8. The van der Waals surface area contributed by atoms with Crippen LogP contribution in [0.3, 0.4) is 0 Å². The Morgan fingerprint density at radius 3 is 2.38 bits per heavy atom. The molecule has 0 amide bonds. The van der Waals surface area contributed by atoms with Gasteiger partial charge in [-0.2, -0.15) is 0 Å². The molecule has 1 aliphatic rings. The number of benzene rings is 1. The second-order valence-electron chi connectivity index (χ2n) is 5.17. The lowest BCUT2D eigenvalue weighted by Gasteiger charge is -2.35. The molecule has 5 nitrogen and oxygen atoms in total. The number of aliphatic carboxylic acids is 1. The van der Waals surface area contributed by atoms with Crippen LogP contribution in [-0.4, -0.2) is 34.5 Å². The van der Waals surface area contributed by atoms with Gasteiger partial charge in [0.2, 0.25) is 0 Å². The summed E-state index contributed by atoms with van der Waals surface area (Å²) in [5.41, 5.74) is 4.07. The zero-order valence-electron chi connectivity index (χ0n) is 12.5. The van der Waals surface area contributed by atoms with E-state index in [9.17, 15) is 9.90 Å². The first kappa shape index (κ1) is 15.3. The van der Waals surface area contributed by atoms with Crippen LogP contribution in [0.25, 0.3) is 0 Å². The Bertz CT molecular complexity index is 602. The number of nitrogens with zero attached hydrogens (tertiary/aromatic N) is 2. The number of carboxylic acid groups (broad SMARTS) is 1. The number of carbonyl (C=O) groups is 1. The van der Waals surface area contributed by atoms with Crippen LogP contribution in [0, 0.1) is 0 Å². The molecule has 0 spiro atoms. The number of anilines is 1. The van der Waals surface area contributed by atoms with Crippen LogP contribution in [0.2, 0.25) is 0 Å². The van der Waals surface area contributed by atoms with Gasteiger partial charge in [-0.05, 0) is 44.9 Å². The molecule has 0 fully saturated rings. The first-order chi connectivity index (χ1) is 9.95. The molecule has 0 bridgehead atoms. The van der Waals surface area contributed by atoms with E-state index in [0.717, 1.165) is 22.6 Å². The summed E-state index contributed by atoms with van der Waals surface area (Å²) in [6.07, 6.45) is 0.594. The van der Waals surface area contributed by atoms with Crippen LogP contribution in [0.5, 0.6) is 0 Å². The molecule has 1 heterocycles. The van der Waals surface area contributed by atoms with Crippen LogP contribution >= 0.6 is 0 Å². The molecule has 5 heteroatoms. The minimum Gasteiger partial charge on any atom is -0.479 e. The van der Waals surface area contributed by atoms with Crippen molar-refractivity contribution in [3.8, 4) is 0 Å². The fourth-order valence-electron chi connectivity index (χ4n) is 2.55. The minimum atomic E-state index is -0.914. The maximum absolute atomic E-state index is 11.6. The van der Waals surface area contributed by atoms with Gasteiger partial charge >= 0.3 is 5.97 Å². The van der Waals surface area contributed by atoms with Gasteiger partial charge in [-0.25, -0.2) is 4.79 Å². The summed E-state index contributed by atoms with van der Waals surface area (Å²) < 4.78 is 0. The zero-order valence-corrected chi connectivity index (χ0v) is 12.5. The van der Waals surface area contributed by atoms with Gasteiger partial charge in [0.25, 0.3) is 0 Å². The van der Waals surface area contributed by atoms with Crippen molar-refractivity contribution in [2.75, 3.05) is 11.5 Å². The highest BCUT2D eigenvalue weighted by atomic mass is 16.4. The summed E-state index contributed by atoms with van der Waals surface area (Å²) in [5.74, 6) is -0.914. The van der Waals surface area contributed by atoms with Crippen LogP contribution in [0.15, 0.2) is 40.7 Å². The smallest absolute Gasteiger partial charge is 0.332 e. The molecule has 0 aliphatic carbocycles. The summed E-state index contributed by atoms with van der Waals surface area (Å²) >= 11 is 0. The molecule has 2 rings (SSSR count). The lowest BCUT2D eigenvalue weighted by atomic mass is 10.0. The molecule has 0 saturated heterocycles. The Labute approximate surface area is 124 Å². The fourth-order valence-corrected chi connectivity index (χ4v) is 2.55. The topological polar surface area (TPSA) is 73.1 Å². The predicted octanol–water partition coefficient (Wildman–Crippen LogP) is 2.21. The quantitative estimate of drug-likeness (QED) is 0.891. The third-order valence-corrected chi connectivity index (χ3v) is 3.73. The van der Waals surface area contributed by atoms with Gasteiger partial charge in [0.05, 0.1) is 5.70 Å². The predicted molar refractivity (Wildman–Crippen MR) is 82.6 cm³/mol.